The number of pyridine rings is 1. The first kappa shape index (κ1) is 22.1. The number of halogens is 1. The molecule has 4 amide bonds. The summed E-state index contributed by atoms with van der Waals surface area (Å²) in [5.41, 5.74) is 1.73. The summed E-state index contributed by atoms with van der Waals surface area (Å²) in [4.78, 5) is 57.2. The fraction of sp³-hybridized carbons (Fsp3) is 0.348. The third kappa shape index (κ3) is 4.57. The van der Waals surface area contributed by atoms with Gasteiger partial charge in [0.05, 0.1) is 11.1 Å². The fourth-order valence-corrected chi connectivity index (χ4v) is 4.42. The van der Waals surface area contributed by atoms with Crippen molar-refractivity contribution in [1.29, 1.82) is 0 Å². The third-order valence-electron chi connectivity index (χ3n) is 5.87. The predicted octanol–water partition coefficient (Wildman–Crippen LogP) is 3.02. The lowest BCUT2D eigenvalue weighted by Crippen LogP contribution is -2.43. The minimum absolute atomic E-state index is 0.0439. The smallest absolute Gasteiger partial charge is 0.261 e. The van der Waals surface area contributed by atoms with Gasteiger partial charge in [0.2, 0.25) is 11.8 Å². The van der Waals surface area contributed by atoms with Crippen molar-refractivity contribution in [3.8, 4) is 0 Å². The van der Waals surface area contributed by atoms with Crippen LogP contribution in [-0.2, 0) is 9.59 Å². The lowest BCUT2D eigenvalue weighted by Gasteiger charge is -2.31. The Morgan fingerprint density at radius 2 is 1.81 bits per heavy atom. The van der Waals surface area contributed by atoms with Crippen LogP contribution in [0.25, 0.3) is 0 Å². The maximum absolute atomic E-state index is 12.7. The Labute approximate surface area is 194 Å². The maximum atomic E-state index is 12.7. The number of amides is 4. The molecule has 166 valence electrons. The Morgan fingerprint density at radius 3 is 2.53 bits per heavy atom. The molecular formula is C23H23BrN4O4. The van der Waals surface area contributed by atoms with Crippen LogP contribution in [0.4, 0.5) is 5.82 Å². The Kier molecular flexibility index (Phi) is 6.36. The normalized spacial score (nSPS) is 16.3. The standard InChI is InChI=1S/C23H23BrN4O4/c1-14-4-8-25-19(12-14)26-21(30)15-5-9-27(10-6-15)20(29)7-11-28-22(31)17-3-2-16(24)13-18(17)23(28)32/h2-4,8,12-13,15H,5-7,9-11H2,1H3,(H,25,26,30). The topological polar surface area (TPSA) is 99.7 Å². The number of hydrogen-bond acceptors (Lipinski definition) is 5. The number of fused-ring (bicyclic) bond motifs is 1. The molecule has 1 N–H and O–H groups in total. The van der Waals surface area contributed by atoms with Gasteiger partial charge in [-0.2, -0.15) is 0 Å². The van der Waals surface area contributed by atoms with Gasteiger partial charge in [-0.3, -0.25) is 24.1 Å². The number of hydrogen-bond donors (Lipinski definition) is 1. The number of likely N-dealkylation sites (tertiary alicyclic amines) is 1. The van der Waals surface area contributed by atoms with Gasteiger partial charge in [-0.25, -0.2) is 4.98 Å². The largest absolute Gasteiger partial charge is 0.343 e. The molecule has 0 unspecified atom stereocenters. The molecule has 0 saturated carbocycles. The number of aryl methyl sites for hydroxylation is 1. The number of benzene rings is 1. The van der Waals surface area contributed by atoms with Crippen molar-refractivity contribution in [1.82, 2.24) is 14.8 Å². The molecule has 0 aliphatic carbocycles. The van der Waals surface area contributed by atoms with Gasteiger partial charge in [0, 0.05) is 42.6 Å². The van der Waals surface area contributed by atoms with Crippen molar-refractivity contribution in [2.75, 3.05) is 25.0 Å². The zero-order valence-corrected chi connectivity index (χ0v) is 19.2. The van der Waals surface area contributed by atoms with Crippen LogP contribution in [0.2, 0.25) is 0 Å². The molecule has 8 nitrogen and oxygen atoms in total. The number of carbonyl (C=O) groups excluding carboxylic acids is 4. The molecule has 0 atom stereocenters. The number of nitrogens with zero attached hydrogens (tertiary/aromatic N) is 3. The lowest BCUT2D eigenvalue weighted by atomic mass is 9.95. The monoisotopic (exact) mass is 498 g/mol. The molecule has 0 spiro atoms. The van der Waals surface area contributed by atoms with Crippen LogP contribution in [-0.4, -0.2) is 58.0 Å². The summed E-state index contributed by atoms with van der Waals surface area (Å²) in [6.07, 6.45) is 2.84. The number of nitrogens with one attached hydrogen (secondary N) is 1. The van der Waals surface area contributed by atoms with Crippen molar-refractivity contribution in [3.63, 3.8) is 0 Å². The van der Waals surface area contributed by atoms with Crippen LogP contribution in [0.15, 0.2) is 41.0 Å². The Balaban J connectivity index is 1.27. The van der Waals surface area contributed by atoms with Gasteiger partial charge in [-0.1, -0.05) is 15.9 Å². The lowest BCUT2D eigenvalue weighted by molar-refractivity contribution is -0.134. The van der Waals surface area contributed by atoms with E-state index in [-0.39, 0.29) is 42.5 Å². The summed E-state index contributed by atoms with van der Waals surface area (Å²) in [7, 11) is 0. The van der Waals surface area contributed by atoms with E-state index < -0.39 is 0 Å². The van der Waals surface area contributed by atoms with E-state index in [1.807, 2.05) is 19.1 Å². The van der Waals surface area contributed by atoms with Crippen molar-refractivity contribution >= 4 is 45.4 Å². The zero-order chi connectivity index (χ0) is 22.8. The van der Waals surface area contributed by atoms with Crippen LogP contribution in [0.3, 0.4) is 0 Å². The quantitative estimate of drug-likeness (QED) is 0.638. The van der Waals surface area contributed by atoms with Gasteiger partial charge >= 0.3 is 0 Å². The van der Waals surface area contributed by atoms with Crippen molar-refractivity contribution in [2.24, 2.45) is 5.92 Å². The van der Waals surface area contributed by atoms with Gasteiger partial charge < -0.3 is 10.2 Å². The average molecular weight is 499 g/mol. The SMILES string of the molecule is Cc1ccnc(NC(=O)C2CCN(C(=O)CCN3C(=O)c4ccc(Br)cc4C3=O)CC2)c1. The minimum Gasteiger partial charge on any atom is -0.343 e. The summed E-state index contributed by atoms with van der Waals surface area (Å²) in [5.74, 6) is -0.614. The summed E-state index contributed by atoms with van der Waals surface area (Å²) in [5, 5.41) is 2.84. The first-order chi connectivity index (χ1) is 15.3. The minimum atomic E-state index is -0.376. The highest BCUT2D eigenvalue weighted by molar-refractivity contribution is 9.10. The number of piperidine rings is 1. The highest BCUT2D eigenvalue weighted by Crippen LogP contribution is 2.26. The Bertz CT molecular complexity index is 1100. The number of rotatable bonds is 5. The first-order valence-electron chi connectivity index (χ1n) is 10.5. The van der Waals surface area contributed by atoms with Gasteiger partial charge in [-0.05, 0) is 55.7 Å². The van der Waals surface area contributed by atoms with E-state index in [1.54, 1.807) is 29.3 Å². The molecule has 0 bridgehead atoms. The highest BCUT2D eigenvalue weighted by Gasteiger charge is 2.36. The Morgan fingerprint density at radius 1 is 1.09 bits per heavy atom. The van der Waals surface area contributed by atoms with E-state index in [4.69, 9.17) is 0 Å². The molecule has 1 aromatic carbocycles. The second kappa shape index (κ2) is 9.20. The van der Waals surface area contributed by atoms with E-state index in [2.05, 4.69) is 26.2 Å². The van der Waals surface area contributed by atoms with E-state index in [9.17, 15) is 19.2 Å². The summed E-state index contributed by atoms with van der Waals surface area (Å²) in [6, 6.07) is 8.63. The highest BCUT2D eigenvalue weighted by atomic mass is 79.9. The molecule has 2 aromatic rings. The van der Waals surface area contributed by atoms with Crippen molar-refractivity contribution in [2.45, 2.75) is 26.2 Å². The number of carbonyl (C=O) groups is 4. The first-order valence-corrected chi connectivity index (χ1v) is 11.3. The van der Waals surface area contributed by atoms with Crippen molar-refractivity contribution in [3.05, 3.63) is 57.7 Å². The van der Waals surface area contributed by atoms with Crippen LogP contribution >= 0.6 is 15.9 Å². The maximum Gasteiger partial charge on any atom is 0.261 e. The predicted molar refractivity (Wildman–Crippen MR) is 121 cm³/mol. The number of aromatic nitrogens is 1. The molecular weight excluding hydrogens is 476 g/mol. The van der Waals surface area contributed by atoms with Gasteiger partial charge in [0.25, 0.3) is 11.8 Å². The van der Waals surface area contributed by atoms with Crippen LogP contribution in [0, 0.1) is 12.8 Å². The second-order valence-corrected chi connectivity index (χ2v) is 8.98. The Hall–Kier alpha value is -3.07. The number of imide groups is 1. The molecule has 2 aliphatic heterocycles. The molecule has 2 aliphatic rings. The second-order valence-electron chi connectivity index (χ2n) is 8.06. The van der Waals surface area contributed by atoms with E-state index in [0.717, 1.165) is 14.9 Å². The van der Waals surface area contributed by atoms with E-state index in [0.29, 0.717) is 42.9 Å². The summed E-state index contributed by atoms with van der Waals surface area (Å²) < 4.78 is 0.723. The molecule has 1 saturated heterocycles. The van der Waals surface area contributed by atoms with E-state index in [1.165, 1.54) is 0 Å². The van der Waals surface area contributed by atoms with Gasteiger partial charge in [-0.15, -0.1) is 0 Å². The molecule has 1 aromatic heterocycles. The molecule has 3 heterocycles. The average Bonchev–Trinajstić information content (AvgIpc) is 3.01. The third-order valence-corrected chi connectivity index (χ3v) is 6.36. The molecule has 32 heavy (non-hydrogen) atoms. The number of anilines is 1. The van der Waals surface area contributed by atoms with Crippen LogP contribution < -0.4 is 5.32 Å². The molecule has 4 rings (SSSR count). The molecule has 0 radical (unpaired) electrons. The van der Waals surface area contributed by atoms with Crippen LogP contribution in [0.5, 0.6) is 0 Å². The van der Waals surface area contributed by atoms with Gasteiger partial charge in [0.1, 0.15) is 5.82 Å². The van der Waals surface area contributed by atoms with Crippen LogP contribution in [0.1, 0.15) is 45.5 Å². The van der Waals surface area contributed by atoms with Crippen molar-refractivity contribution < 1.29 is 19.2 Å². The zero-order valence-electron chi connectivity index (χ0n) is 17.6. The molecule has 1 fully saturated rings. The van der Waals surface area contributed by atoms with Gasteiger partial charge in [0.15, 0.2) is 0 Å². The molecule has 9 heteroatoms. The van der Waals surface area contributed by atoms with E-state index >= 15 is 0 Å². The summed E-state index contributed by atoms with van der Waals surface area (Å²) >= 11 is 3.31. The fourth-order valence-electron chi connectivity index (χ4n) is 4.06. The summed E-state index contributed by atoms with van der Waals surface area (Å²) in [6.45, 7) is 2.91.